The molecule has 3 saturated heterocycles. The van der Waals surface area contributed by atoms with Crippen LogP contribution in [0.5, 0.6) is 0 Å². The van der Waals surface area contributed by atoms with Gasteiger partial charge in [0.05, 0.1) is 5.41 Å². The maximum Gasteiger partial charge on any atom is 0.233 e. The lowest BCUT2D eigenvalue weighted by Gasteiger charge is -2.40. The van der Waals surface area contributed by atoms with Gasteiger partial charge in [0.2, 0.25) is 5.91 Å². The van der Waals surface area contributed by atoms with Gasteiger partial charge in [-0.15, -0.1) is 0 Å². The van der Waals surface area contributed by atoms with Gasteiger partial charge in [-0.2, -0.15) is 0 Å². The van der Waals surface area contributed by atoms with Crippen molar-refractivity contribution in [3.05, 3.63) is 35.6 Å². The fourth-order valence-electron chi connectivity index (χ4n) is 4.54. The molecule has 4 rings (SSSR count). The third-order valence-electron chi connectivity index (χ3n) is 5.96. The summed E-state index contributed by atoms with van der Waals surface area (Å²) in [7, 11) is 0. The Morgan fingerprint density at radius 3 is 2.58 bits per heavy atom. The number of hydrogen-bond acceptors (Lipinski definition) is 3. The first-order valence-electron chi connectivity index (χ1n) is 9.07. The van der Waals surface area contributed by atoms with Crippen molar-refractivity contribution in [1.29, 1.82) is 0 Å². The quantitative estimate of drug-likeness (QED) is 0.903. The molecule has 2 atom stereocenters. The number of ether oxygens (including phenoxy) is 1. The smallest absolute Gasteiger partial charge is 0.233 e. The van der Waals surface area contributed by atoms with Crippen molar-refractivity contribution in [2.24, 2.45) is 0 Å². The standard InChI is InChI=1S/C19H25FN2O2/c20-15-3-1-14(2-4-15)19(8-11-24-12-9-19)18(23)22-10-7-16-5-6-17(13-22)21-16/h1-4,16-17,21H,5-13H2. The highest BCUT2D eigenvalue weighted by Gasteiger charge is 2.45. The number of fused-ring (bicyclic) bond motifs is 2. The molecule has 0 aromatic heterocycles. The van der Waals surface area contributed by atoms with Gasteiger partial charge >= 0.3 is 0 Å². The summed E-state index contributed by atoms with van der Waals surface area (Å²) in [6.45, 7) is 2.78. The molecule has 0 spiro atoms. The number of nitrogens with one attached hydrogen (secondary N) is 1. The monoisotopic (exact) mass is 332 g/mol. The number of likely N-dealkylation sites (tertiary alicyclic amines) is 1. The number of hydrogen-bond donors (Lipinski definition) is 1. The highest BCUT2D eigenvalue weighted by molar-refractivity contribution is 5.88. The summed E-state index contributed by atoms with van der Waals surface area (Å²) in [5.41, 5.74) is 0.370. The lowest BCUT2D eigenvalue weighted by Crippen LogP contribution is -2.52. The molecule has 2 unspecified atom stereocenters. The summed E-state index contributed by atoms with van der Waals surface area (Å²) >= 11 is 0. The highest BCUT2D eigenvalue weighted by Crippen LogP contribution is 2.37. The molecule has 1 amide bonds. The van der Waals surface area contributed by atoms with E-state index >= 15 is 0 Å². The van der Waals surface area contributed by atoms with Crippen LogP contribution in [-0.4, -0.2) is 49.2 Å². The zero-order valence-corrected chi connectivity index (χ0v) is 14.0. The summed E-state index contributed by atoms with van der Waals surface area (Å²) in [5.74, 6) is -0.0588. The van der Waals surface area contributed by atoms with E-state index < -0.39 is 5.41 Å². The number of carbonyl (C=O) groups excluding carboxylic acids is 1. The molecule has 1 N–H and O–H groups in total. The largest absolute Gasteiger partial charge is 0.381 e. The summed E-state index contributed by atoms with van der Waals surface area (Å²) in [5, 5.41) is 3.63. The SMILES string of the molecule is O=C(N1CCC2CCC(C1)N2)C1(c2ccc(F)cc2)CCOCC1. The molecule has 1 aromatic carbocycles. The topological polar surface area (TPSA) is 41.6 Å². The predicted molar refractivity (Wildman–Crippen MR) is 89.3 cm³/mol. The average molecular weight is 332 g/mol. The molecule has 5 heteroatoms. The molecular formula is C19H25FN2O2. The molecule has 1 aromatic rings. The molecular weight excluding hydrogens is 307 g/mol. The van der Waals surface area contributed by atoms with Crippen molar-refractivity contribution < 1.29 is 13.9 Å². The fourth-order valence-corrected chi connectivity index (χ4v) is 4.54. The van der Waals surface area contributed by atoms with Crippen LogP contribution in [0.2, 0.25) is 0 Å². The van der Waals surface area contributed by atoms with E-state index in [0.29, 0.717) is 38.1 Å². The van der Waals surface area contributed by atoms with Gasteiger partial charge < -0.3 is 15.0 Å². The summed E-state index contributed by atoms with van der Waals surface area (Å²) in [4.78, 5) is 15.6. The molecule has 130 valence electrons. The molecule has 4 nitrogen and oxygen atoms in total. The molecule has 0 saturated carbocycles. The van der Waals surface area contributed by atoms with E-state index in [4.69, 9.17) is 4.74 Å². The fraction of sp³-hybridized carbons (Fsp3) is 0.632. The normalized spacial score (nSPS) is 29.3. The van der Waals surface area contributed by atoms with Crippen LogP contribution in [0.25, 0.3) is 0 Å². The number of nitrogens with zero attached hydrogens (tertiary/aromatic N) is 1. The Morgan fingerprint density at radius 1 is 1.12 bits per heavy atom. The minimum atomic E-state index is -0.560. The van der Waals surface area contributed by atoms with E-state index in [2.05, 4.69) is 5.32 Å². The van der Waals surface area contributed by atoms with E-state index in [-0.39, 0.29) is 11.7 Å². The highest BCUT2D eigenvalue weighted by atomic mass is 19.1. The summed E-state index contributed by atoms with van der Waals surface area (Å²) < 4.78 is 18.9. The first-order chi connectivity index (χ1) is 11.7. The van der Waals surface area contributed by atoms with Crippen LogP contribution in [0.15, 0.2) is 24.3 Å². The second-order valence-corrected chi connectivity index (χ2v) is 7.38. The van der Waals surface area contributed by atoms with Crippen molar-refractivity contribution in [2.45, 2.75) is 49.6 Å². The van der Waals surface area contributed by atoms with Crippen LogP contribution in [0.4, 0.5) is 4.39 Å². The van der Waals surface area contributed by atoms with Crippen molar-refractivity contribution in [3.8, 4) is 0 Å². The molecule has 3 heterocycles. The van der Waals surface area contributed by atoms with E-state index in [1.165, 1.54) is 18.6 Å². The Kier molecular flexibility index (Phi) is 4.31. The summed E-state index contributed by atoms with van der Waals surface area (Å²) in [6.07, 6.45) is 4.76. The summed E-state index contributed by atoms with van der Waals surface area (Å²) in [6, 6.07) is 7.47. The van der Waals surface area contributed by atoms with E-state index in [1.54, 1.807) is 12.1 Å². The zero-order chi connectivity index (χ0) is 16.6. The van der Waals surface area contributed by atoms with Crippen LogP contribution in [0, 0.1) is 5.82 Å². The van der Waals surface area contributed by atoms with Crippen LogP contribution < -0.4 is 5.32 Å². The van der Waals surface area contributed by atoms with Gasteiger partial charge in [-0.3, -0.25) is 4.79 Å². The molecule has 3 fully saturated rings. The van der Waals surface area contributed by atoms with Gasteiger partial charge in [0, 0.05) is 38.4 Å². The molecule has 3 aliphatic rings. The first kappa shape index (κ1) is 16.0. The molecule has 0 radical (unpaired) electrons. The Hall–Kier alpha value is -1.46. The Balaban J connectivity index is 1.63. The van der Waals surface area contributed by atoms with Crippen molar-refractivity contribution >= 4 is 5.91 Å². The van der Waals surface area contributed by atoms with Crippen molar-refractivity contribution in [1.82, 2.24) is 10.2 Å². The van der Waals surface area contributed by atoms with Gasteiger partial charge in [-0.25, -0.2) is 4.39 Å². The number of halogens is 1. The van der Waals surface area contributed by atoms with Gasteiger partial charge in [-0.1, -0.05) is 12.1 Å². The predicted octanol–water partition coefficient (Wildman–Crippen LogP) is 2.23. The number of benzene rings is 1. The van der Waals surface area contributed by atoms with Gasteiger partial charge in [0.1, 0.15) is 5.82 Å². The Labute approximate surface area is 142 Å². The maximum absolute atomic E-state index is 13.5. The maximum atomic E-state index is 13.5. The van der Waals surface area contributed by atoms with Gasteiger partial charge in [0.15, 0.2) is 0 Å². The van der Waals surface area contributed by atoms with E-state index in [1.807, 2.05) is 4.90 Å². The van der Waals surface area contributed by atoms with E-state index in [9.17, 15) is 9.18 Å². The molecule has 2 bridgehead atoms. The third-order valence-corrected chi connectivity index (χ3v) is 5.96. The molecule has 3 aliphatic heterocycles. The zero-order valence-electron chi connectivity index (χ0n) is 14.0. The minimum absolute atomic E-state index is 0.201. The number of carbonyl (C=O) groups is 1. The second-order valence-electron chi connectivity index (χ2n) is 7.38. The average Bonchev–Trinajstić information content (AvgIpc) is 2.94. The van der Waals surface area contributed by atoms with Gasteiger partial charge in [-0.05, 0) is 49.8 Å². The van der Waals surface area contributed by atoms with Crippen LogP contribution in [-0.2, 0) is 14.9 Å². The van der Waals surface area contributed by atoms with Crippen LogP contribution in [0.3, 0.4) is 0 Å². The number of amides is 1. The van der Waals surface area contributed by atoms with Crippen LogP contribution >= 0.6 is 0 Å². The van der Waals surface area contributed by atoms with Gasteiger partial charge in [0.25, 0.3) is 0 Å². The molecule has 0 aliphatic carbocycles. The molecule has 24 heavy (non-hydrogen) atoms. The Bertz CT molecular complexity index is 598. The van der Waals surface area contributed by atoms with Crippen LogP contribution in [0.1, 0.15) is 37.7 Å². The number of rotatable bonds is 2. The Morgan fingerprint density at radius 2 is 1.83 bits per heavy atom. The minimum Gasteiger partial charge on any atom is -0.381 e. The lowest BCUT2D eigenvalue weighted by atomic mass is 9.73. The van der Waals surface area contributed by atoms with Crippen molar-refractivity contribution in [3.63, 3.8) is 0 Å². The first-order valence-corrected chi connectivity index (χ1v) is 9.07. The van der Waals surface area contributed by atoms with Crippen molar-refractivity contribution in [2.75, 3.05) is 26.3 Å². The third kappa shape index (κ3) is 2.84. The lowest BCUT2D eigenvalue weighted by molar-refractivity contribution is -0.141. The second kappa shape index (κ2) is 6.45. The van der Waals surface area contributed by atoms with E-state index in [0.717, 1.165) is 31.5 Å².